The Morgan fingerprint density at radius 3 is 2.82 bits per heavy atom. The summed E-state index contributed by atoms with van der Waals surface area (Å²) in [6.45, 7) is 6.73. The Hall–Kier alpha value is -3.20. The first-order valence-corrected chi connectivity index (χ1v) is 8.96. The van der Waals surface area contributed by atoms with E-state index in [-0.39, 0.29) is 29.0 Å². The quantitative estimate of drug-likeness (QED) is 0.736. The molecule has 4 heterocycles. The van der Waals surface area contributed by atoms with E-state index < -0.39 is 11.5 Å². The van der Waals surface area contributed by atoms with Crippen LogP contribution in [0.15, 0.2) is 35.2 Å². The van der Waals surface area contributed by atoms with Crippen LogP contribution in [0, 0.1) is 0 Å². The zero-order valence-electron chi connectivity index (χ0n) is 15.9. The monoisotopic (exact) mass is 383 g/mol. The van der Waals surface area contributed by atoms with Crippen molar-refractivity contribution in [1.82, 2.24) is 19.3 Å². The minimum atomic E-state index is -0.717. The second-order valence-electron chi connectivity index (χ2n) is 7.28. The van der Waals surface area contributed by atoms with Crippen molar-refractivity contribution in [2.24, 2.45) is 5.73 Å². The molecule has 3 aromatic rings. The zero-order valence-corrected chi connectivity index (χ0v) is 15.9. The summed E-state index contributed by atoms with van der Waals surface area (Å²) in [6.07, 6.45) is 2.97. The Balaban J connectivity index is 1.86. The molecule has 1 atom stereocenters. The summed E-state index contributed by atoms with van der Waals surface area (Å²) in [5.41, 5.74) is 5.91. The number of ether oxygens (including phenoxy) is 1. The van der Waals surface area contributed by atoms with Crippen molar-refractivity contribution in [3.8, 4) is 11.5 Å². The Morgan fingerprint density at radius 1 is 1.36 bits per heavy atom. The second kappa shape index (κ2) is 6.45. The summed E-state index contributed by atoms with van der Waals surface area (Å²) in [7, 11) is 0. The molecule has 0 spiro atoms. The molecule has 0 bridgehead atoms. The maximum atomic E-state index is 13.3. The number of primary amides is 1. The highest BCUT2D eigenvalue weighted by molar-refractivity contribution is 5.99. The minimum Gasteiger partial charge on any atom is -0.463 e. The molecule has 0 aromatic carbocycles. The maximum Gasteiger partial charge on any atom is 0.273 e. The first kappa shape index (κ1) is 18.2. The largest absolute Gasteiger partial charge is 0.463 e. The first-order valence-electron chi connectivity index (χ1n) is 8.96. The number of morpholine rings is 1. The van der Waals surface area contributed by atoms with E-state index in [9.17, 15) is 9.59 Å². The molecular formula is C19H21N5O4. The van der Waals surface area contributed by atoms with E-state index >= 15 is 0 Å². The number of furan rings is 1. The molecule has 2 N–H and O–H groups in total. The van der Waals surface area contributed by atoms with Crippen LogP contribution in [0.25, 0.3) is 17.1 Å². The van der Waals surface area contributed by atoms with Crippen LogP contribution in [0.2, 0.25) is 0 Å². The van der Waals surface area contributed by atoms with Gasteiger partial charge in [-0.2, -0.15) is 0 Å². The number of nitrogens with two attached hydrogens (primary N) is 1. The highest BCUT2D eigenvalue weighted by atomic mass is 16.5. The number of carbonyl (C=O) groups excluding carboxylic acids is 2. The van der Waals surface area contributed by atoms with Gasteiger partial charge in [0, 0.05) is 6.54 Å². The average Bonchev–Trinajstić information content (AvgIpc) is 3.32. The number of carbonyl (C=O) groups is 2. The molecule has 28 heavy (non-hydrogen) atoms. The summed E-state index contributed by atoms with van der Waals surface area (Å²) < 4.78 is 12.9. The third-order valence-electron chi connectivity index (χ3n) is 5.27. The van der Waals surface area contributed by atoms with E-state index in [2.05, 4.69) is 9.97 Å². The average molecular weight is 383 g/mol. The van der Waals surface area contributed by atoms with E-state index in [1.54, 1.807) is 27.5 Å². The van der Waals surface area contributed by atoms with Gasteiger partial charge in [-0.15, -0.1) is 0 Å². The Labute approximate surface area is 161 Å². The van der Waals surface area contributed by atoms with Gasteiger partial charge in [0.15, 0.2) is 17.1 Å². The fourth-order valence-electron chi connectivity index (χ4n) is 3.39. The van der Waals surface area contributed by atoms with Gasteiger partial charge >= 0.3 is 0 Å². The van der Waals surface area contributed by atoms with Gasteiger partial charge < -0.3 is 19.8 Å². The Kier molecular flexibility index (Phi) is 4.19. The lowest BCUT2D eigenvalue weighted by molar-refractivity contribution is -0.109. The third kappa shape index (κ3) is 2.84. The first-order chi connectivity index (χ1) is 13.3. The molecule has 1 saturated heterocycles. The van der Waals surface area contributed by atoms with Crippen molar-refractivity contribution >= 4 is 17.5 Å². The van der Waals surface area contributed by atoms with Crippen molar-refractivity contribution < 1.29 is 18.7 Å². The van der Waals surface area contributed by atoms with Crippen molar-refractivity contribution in [3.05, 3.63) is 42.2 Å². The molecule has 0 radical (unpaired) electrons. The minimum absolute atomic E-state index is 0.00203. The molecule has 146 valence electrons. The lowest BCUT2D eigenvalue weighted by Crippen LogP contribution is -2.57. The summed E-state index contributed by atoms with van der Waals surface area (Å²) in [4.78, 5) is 35.3. The van der Waals surface area contributed by atoms with Gasteiger partial charge in [0.1, 0.15) is 12.0 Å². The predicted octanol–water partition coefficient (Wildman–Crippen LogP) is 1.73. The van der Waals surface area contributed by atoms with Gasteiger partial charge in [0.2, 0.25) is 0 Å². The van der Waals surface area contributed by atoms with Crippen LogP contribution in [0.1, 0.15) is 41.7 Å². The topological polar surface area (TPSA) is 116 Å². The van der Waals surface area contributed by atoms with Gasteiger partial charge in [-0.3, -0.25) is 14.0 Å². The number of fused-ring (bicyclic) bond motifs is 1. The van der Waals surface area contributed by atoms with E-state index in [4.69, 9.17) is 14.9 Å². The van der Waals surface area contributed by atoms with Gasteiger partial charge in [-0.1, -0.05) is 0 Å². The van der Waals surface area contributed by atoms with Crippen LogP contribution in [-0.2, 0) is 4.74 Å². The molecule has 9 nitrogen and oxygen atoms in total. The van der Waals surface area contributed by atoms with E-state index in [0.717, 1.165) is 0 Å². The molecule has 9 heteroatoms. The van der Waals surface area contributed by atoms with Crippen LogP contribution in [0.3, 0.4) is 0 Å². The number of hydrogen-bond acceptors (Lipinski definition) is 6. The molecule has 1 aliphatic heterocycles. The van der Waals surface area contributed by atoms with Gasteiger partial charge in [0.05, 0.1) is 30.2 Å². The molecule has 0 aliphatic carbocycles. The summed E-state index contributed by atoms with van der Waals surface area (Å²) in [5.74, 6) is -0.452. The van der Waals surface area contributed by atoms with E-state index in [1.807, 2.05) is 20.8 Å². The number of nitrogens with zero attached hydrogens (tertiary/aromatic N) is 4. The number of hydrogen-bond donors (Lipinski definition) is 1. The number of imidazole rings is 1. The van der Waals surface area contributed by atoms with Crippen LogP contribution in [0.5, 0.6) is 0 Å². The standard InChI is InChI=1S/C19H21N5O4/c1-11-19(2,3)28-8-6-23(11)18(26)12-9-13(14-5-4-7-27-14)24-10-21-15(16(20)25)17(24)22-12/h4-5,7,9-11H,6,8H2,1-3H3,(H2,20,25). The molecule has 1 fully saturated rings. The highest BCUT2D eigenvalue weighted by Crippen LogP contribution is 2.28. The van der Waals surface area contributed by atoms with Gasteiger partial charge in [0.25, 0.3) is 11.8 Å². The van der Waals surface area contributed by atoms with E-state index in [1.165, 1.54) is 12.6 Å². The predicted molar refractivity (Wildman–Crippen MR) is 99.7 cm³/mol. The fourth-order valence-corrected chi connectivity index (χ4v) is 3.39. The van der Waals surface area contributed by atoms with E-state index in [0.29, 0.717) is 24.6 Å². The maximum absolute atomic E-state index is 13.3. The van der Waals surface area contributed by atoms with Crippen molar-refractivity contribution in [1.29, 1.82) is 0 Å². The lowest BCUT2D eigenvalue weighted by atomic mass is 9.96. The smallest absolute Gasteiger partial charge is 0.273 e. The Morgan fingerprint density at radius 2 is 2.14 bits per heavy atom. The fraction of sp³-hybridized carbons (Fsp3) is 0.368. The molecule has 2 amide bonds. The van der Waals surface area contributed by atoms with Crippen molar-refractivity contribution in [3.63, 3.8) is 0 Å². The van der Waals surface area contributed by atoms with Crippen LogP contribution >= 0.6 is 0 Å². The third-order valence-corrected chi connectivity index (χ3v) is 5.27. The summed E-state index contributed by atoms with van der Waals surface area (Å²) in [5, 5.41) is 0. The summed E-state index contributed by atoms with van der Waals surface area (Å²) >= 11 is 0. The van der Waals surface area contributed by atoms with Gasteiger partial charge in [-0.05, 0) is 39.0 Å². The molecular weight excluding hydrogens is 362 g/mol. The molecule has 4 rings (SSSR count). The molecule has 1 aliphatic rings. The highest BCUT2D eigenvalue weighted by Gasteiger charge is 2.38. The molecule has 0 saturated carbocycles. The van der Waals surface area contributed by atoms with Crippen molar-refractivity contribution in [2.45, 2.75) is 32.4 Å². The molecule has 1 unspecified atom stereocenters. The number of aromatic nitrogens is 3. The number of amides is 2. The van der Waals surface area contributed by atoms with Crippen molar-refractivity contribution in [2.75, 3.05) is 13.2 Å². The van der Waals surface area contributed by atoms with Gasteiger partial charge in [-0.25, -0.2) is 9.97 Å². The van der Waals surface area contributed by atoms with Crippen LogP contribution in [0.4, 0.5) is 0 Å². The Bertz CT molecular complexity index is 1050. The normalized spacial score (nSPS) is 19.1. The summed E-state index contributed by atoms with van der Waals surface area (Å²) in [6, 6.07) is 4.98. The lowest BCUT2D eigenvalue weighted by Gasteiger charge is -2.44. The van der Waals surface area contributed by atoms with Crippen LogP contribution < -0.4 is 5.73 Å². The molecule has 3 aromatic heterocycles. The number of rotatable bonds is 3. The second-order valence-corrected chi connectivity index (χ2v) is 7.28. The zero-order chi connectivity index (χ0) is 20.1. The van der Waals surface area contributed by atoms with Crippen LogP contribution in [-0.4, -0.2) is 55.9 Å². The SMILES string of the molecule is CC1N(C(=O)c2cc(-c3ccco3)n3cnc(C(N)=O)c3n2)CCOC1(C)C.